The predicted molar refractivity (Wildman–Crippen MR) is 106 cm³/mol. The number of Topliss-reactive ketones (excluding diaryl/α,β-unsaturated/α-hetero) is 1. The number of nitrogens with zero attached hydrogens (tertiary/aromatic N) is 1. The molecule has 0 spiro atoms. The smallest absolute Gasteiger partial charge is 0.223 e. The minimum absolute atomic E-state index is 0.0425. The highest BCUT2D eigenvalue weighted by Gasteiger charge is 2.29. The second-order valence-electron chi connectivity index (χ2n) is 7.19. The average Bonchev–Trinajstić information content (AvgIpc) is 3.16. The Morgan fingerprint density at radius 1 is 1.07 bits per heavy atom. The summed E-state index contributed by atoms with van der Waals surface area (Å²) in [7, 11) is 0. The Labute approximate surface area is 161 Å². The van der Waals surface area contributed by atoms with Crippen molar-refractivity contribution < 1.29 is 14.3 Å². The zero-order valence-electron chi connectivity index (χ0n) is 16.1. The van der Waals surface area contributed by atoms with Gasteiger partial charge in [-0.25, -0.2) is 0 Å². The van der Waals surface area contributed by atoms with E-state index in [-0.39, 0.29) is 17.7 Å². The van der Waals surface area contributed by atoms with Crippen LogP contribution in [0.5, 0.6) is 5.75 Å². The van der Waals surface area contributed by atoms with E-state index in [4.69, 9.17) is 4.74 Å². The fourth-order valence-corrected chi connectivity index (χ4v) is 3.54. The van der Waals surface area contributed by atoms with Gasteiger partial charge < -0.3 is 9.64 Å². The van der Waals surface area contributed by atoms with Crippen LogP contribution >= 0.6 is 0 Å². The van der Waals surface area contributed by atoms with Crippen LogP contribution in [0, 0.1) is 6.92 Å². The van der Waals surface area contributed by atoms with Crippen molar-refractivity contribution in [2.75, 3.05) is 13.2 Å². The molecule has 3 rings (SSSR count). The summed E-state index contributed by atoms with van der Waals surface area (Å²) in [4.78, 5) is 26.0. The van der Waals surface area contributed by atoms with Crippen LogP contribution in [0.4, 0.5) is 0 Å². The zero-order valence-corrected chi connectivity index (χ0v) is 16.1. The molecule has 27 heavy (non-hydrogen) atoms. The summed E-state index contributed by atoms with van der Waals surface area (Å²) >= 11 is 0. The summed E-state index contributed by atoms with van der Waals surface area (Å²) in [5, 5.41) is 0. The third-order valence-corrected chi connectivity index (χ3v) is 5.10. The van der Waals surface area contributed by atoms with Crippen molar-refractivity contribution in [2.45, 2.75) is 45.6 Å². The van der Waals surface area contributed by atoms with Gasteiger partial charge in [0.1, 0.15) is 5.75 Å². The molecular weight excluding hydrogens is 338 g/mol. The van der Waals surface area contributed by atoms with Crippen molar-refractivity contribution in [1.29, 1.82) is 0 Å². The number of hydrogen-bond acceptors (Lipinski definition) is 3. The van der Waals surface area contributed by atoms with Gasteiger partial charge in [-0.2, -0.15) is 0 Å². The standard InChI is InChI=1S/C23H27NO3/c1-17-7-9-20(10-8-17)22-5-3-15-24(22)23(26)6-4-16-27-21-13-11-19(12-14-21)18(2)25/h7-14,22H,3-6,15-16H2,1-2H3. The molecule has 1 fully saturated rings. The molecule has 4 heteroatoms. The zero-order chi connectivity index (χ0) is 19.2. The Morgan fingerprint density at radius 3 is 2.44 bits per heavy atom. The maximum absolute atomic E-state index is 12.7. The quantitative estimate of drug-likeness (QED) is 0.527. The Morgan fingerprint density at radius 2 is 1.78 bits per heavy atom. The van der Waals surface area contributed by atoms with Gasteiger partial charge in [-0.3, -0.25) is 9.59 Å². The normalized spacial score (nSPS) is 16.4. The Hall–Kier alpha value is -2.62. The number of likely N-dealkylation sites (tertiary alicyclic amines) is 1. The summed E-state index contributed by atoms with van der Waals surface area (Å²) in [5.74, 6) is 0.973. The summed E-state index contributed by atoms with van der Waals surface area (Å²) in [6.07, 6.45) is 3.27. The van der Waals surface area contributed by atoms with Gasteiger partial charge in [-0.1, -0.05) is 29.8 Å². The minimum Gasteiger partial charge on any atom is -0.494 e. The second kappa shape index (κ2) is 8.85. The number of amides is 1. The fourth-order valence-electron chi connectivity index (χ4n) is 3.54. The van der Waals surface area contributed by atoms with E-state index in [1.54, 1.807) is 31.2 Å². The highest BCUT2D eigenvalue weighted by molar-refractivity contribution is 5.94. The molecule has 142 valence electrons. The van der Waals surface area contributed by atoms with E-state index in [2.05, 4.69) is 31.2 Å². The Balaban J connectivity index is 1.47. The number of ketones is 1. The maximum atomic E-state index is 12.7. The van der Waals surface area contributed by atoms with E-state index in [1.807, 2.05) is 4.90 Å². The molecule has 1 saturated heterocycles. The first kappa shape index (κ1) is 19.2. The van der Waals surface area contributed by atoms with Gasteiger partial charge in [0.25, 0.3) is 0 Å². The third kappa shape index (κ3) is 4.97. The molecule has 1 aliphatic heterocycles. The van der Waals surface area contributed by atoms with Crippen LogP contribution < -0.4 is 4.74 Å². The molecule has 0 saturated carbocycles. The first-order valence-electron chi connectivity index (χ1n) is 9.64. The number of ether oxygens (including phenoxy) is 1. The summed E-state index contributed by atoms with van der Waals surface area (Å²) in [6, 6.07) is 15.8. The van der Waals surface area contributed by atoms with Crippen LogP contribution in [0.1, 0.15) is 60.1 Å². The Bertz CT molecular complexity index is 780. The second-order valence-corrected chi connectivity index (χ2v) is 7.19. The summed E-state index contributed by atoms with van der Waals surface area (Å²) < 4.78 is 5.70. The van der Waals surface area contributed by atoms with E-state index >= 15 is 0 Å². The van der Waals surface area contributed by atoms with Gasteiger partial charge in [0, 0.05) is 18.5 Å². The van der Waals surface area contributed by atoms with Crippen LogP contribution in [0.15, 0.2) is 48.5 Å². The van der Waals surface area contributed by atoms with Crippen molar-refractivity contribution in [3.63, 3.8) is 0 Å². The molecule has 2 aromatic rings. The van der Waals surface area contributed by atoms with Crippen LogP contribution in [-0.4, -0.2) is 29.7 Å². The predicted octanol–water partition coefficient (Wildman–Crippen LogP) is 4.72. The van der Waals surface area contributed by atoms with E-state index in [9.17, 15) is 9.59 Å². The van der Waals surface area contributed by atoms with Crippen molar-refractivity contribution >= 4 is 11.7 Å². The highest BCUT2D eigenvalue weighted by atomic mass is 16.5. The average molecular weight is 365 g/mol. The molecular formula is C23H27NO3. The molecule has 1 unspecified atom stereocenters. The number of hydrogen-bond donors (Lipinski definition) is 0. The number of aryl methyl sites for hydroxylation is 1. The lowest BCUT2D eigenvalue weighted by molar-refractivity contribution is -0.132. The van der Waals surface area contributed by atoms with Gasteiger partial charge in [0.05, 0.1) is 12.6 Å². The van der Waals surface area contributed by atoms with Gasteiger partial charge >= 0.3 is 0 Å². The molecule has 2 aromatic carbocycles. The minimum atomic E-state index is 0.0425. The first-order chi connectivity index (χ1) is 13.0. The molecule has 1 aliphatic rings. The van der Waals surface area contributed by atoms with Crippen molar-refractivity contribution in [2.24, 2.45) is 0 Å². The topological polar surface area (TPSA) is 46.6 Å². The third-order valence-electron chi connectivity index (χ3n) is 5.10. The number of carbonyl (C=O) groups is 2. The highest BCUT2D eigenvalue weighted by Crippen LogP contribution is 2.32. The van der Waals surface area contributed by atoms with E-state index < -0.39 is 0 Å². The van der Waals surface area contributed by atoms with Gasteiger partial charge in [0.2, 0.25) is 5.91 Å². The lowest BCUT2D eigenvalue weighted by Gasteiger charge is -2.25. The SMILES string of the molecule is CC(=O)c1ccc(OCCCC(=O)N2CCCC2c2ccc(C)cc2)cc1. The molecule has 0 radical (unpaired) electrons. The van der Waals surface area contributed by atoms with Crippen molar-refractivity contribution in [3.8, 4) is 5.75 Å². The lowest BCUT2D eigenvalue weighted by Crippen LogP contribution is -2.30. The molecule has 1 atom stereocenters. The van der Waals surface area contributed by atoms with E-state index in [0.29, 0.717) is 25.0 Å². The summed E-state index contributed by atoms with van der Waals surface area (Å²) in [6.45, 7) is 4.96. The molecule has 0 N–H and O–H groups in total. The van der Waals surface area contributed by atoms with Gasteiger partial charge in [-0.15, -0.1) is 0 Å². The van der Waals surface area contributed by atoms with Crippen molar-refractivity contribution in [1.82, 2.24) is 4.90 Å². The van der Waals surface area contributed by atoms with Gasteiger partial charge in [0.15, 0.2) is 5.78 Å². The number of carbonyl (C=O) groups excluding carboxylic acids is 2. The fraction of sp³-hybridized carbons (Fsp3) is 0.391. The van der Waals surface area contributed by atoms with E-state index in [0.717, 1.165) is 25.1 Å². The van der Waals surface area contributed by atoms with Crippen molar-refractivity contribution in [3.05, 3.63) is 65.2 Å². The number of rotatable bonds is 7. The molecule has 0 aromatic heterocycles. The van der Waals surface area contributed by atoms with Gasteiger partial charge in [-0.05, 0) is 62.9 Å². The largest absolute Gasteiger partial charge is 0.494 e. The molecule has 1 amide bonds. The monoisotopic (exact) mass is 365 g/mol. The summed E-state index contributed by atoms with van der Waals surface area (Å²) in [5.41, 5.74) is 3.14. The van der Waals surface area contributed by atoms with Crippen LogP contribution in [0.3, 0.4) is 0 Å². The molecule has 0 bridgehead atoms. The maximum Gasteiger partial charge on any atom is 0.223 e. The van der Waals surface area contributed by atoms with Crippen LogP contribution in [0.2, 0.25) is 0 Å². The number of benzene rings is 2. The van der Waals surface area contributed by atoms with Crippen LogP contribution in [0.25, 0.3) is 0 Å². The van der Waals surface area contributed by atoms with E-state index in [1.165, 1.54) is 11.1 Å². The Kier molecular flexibility index (Phi) is 6.28. The van der Waals surface area contributed by atoms with Crippen LogP contribution in [-0.2, 0) is 4.79 Å². The first-order valence-corrected chi connectivity index (χ1v) is 9.64. The molecule has 1 heterocycles. The molecule has 4 nitrogen and oxygen atoms in total. The lowest BCUT2D eigenvalue weighted by atomic mass is 10.0. The molecule has 0 aliphatic carbocycles.